The normalized spacial score (nSPS) is 7.25. The van der Waals surface area contributed by atoms with Crippen molar-refractivity contribution in [1.82, 2.24) is 0 Å². The Balaban J connectivity index is -0.000000180. The summed E-state index contributed by atoms with van der Waals surface area (Å²) < 4.78 is 4.16. The largest absolute Gasteiger partial charge is 1.00 e. The molecule has 8 heavy (non-hydrogen) atoms. The van der Waals surface area contributed by atoms with E-state index in [1.807, 2.05) is 6.92 Å². The molecule has 0 aromatic rings. The molecule has 0 bridgehead atoms. The Hall–Kier alpha value is 0.950. The van der Waals surface area contributed by atoms with Gasteiger partial charge in [0.1, 0.15) is 0 Å². The van der Waals surface area contributed by atoms with Crippen LogP contribution in [-0.2, 0) is 8.62 Å². The molecule has 0 aliphatic heterocycles. The number of hydrogen-bond donors (Lipinski definition) is 0. The van der Waals surface area contributed by atoms with Crippen molar-refractivity contribution >= 4 is 22.2 Å². The fraction of sp³-hybridized carbons (Fsp3) is 0.750. The molecule has 0 aromatic heterocycles. The van der Waals surface area contributed by atoms with Crippen LogP contribution < -0.4 is 29.6 Å². The first-order chi connectivity index (χ1) is 3.31. The molecule has 0 saturated heterocycles. The van der Waals surface area contributed by atoms with Crippen molar-refractivity contribution in [2.75, 3.05) is 0 Å². The molecule has 0 aliphatic rings. The zero-order chi connectivity index (χ0) is 5.70. The van der Waals surface area contributed by atoms with Gasteiger partial charge in [0.05, 0.1) is 0 Å². The molecule has 2 nitrogen and oxygen atoms in total. The van der Waals surface area contributed by atoms with Crippen LogP contribution in [0, 0.1) is 0 Å². The van der Waals surface area contributed by atoms with E-state index in [1.54, 1.807) is 0 Å². The van der Waals surface area contributed by atoms with E-state index >= 15 is 0 Å². The van der Waals surface area contributed by atoms with Crippen molar-refractivity contribution in [1.29, 1.82) is 0 Å². The Morgan fingerprint density at radius 3 is 2.50 bits per heavy atom. The molecule has 0 aromatic carbocycles. The summed E-state index contributed by atoms with van der Waals surface area (Å²) in [6.45, 7) is 1.92. The van der Waals surface area contributed by atoms with E-state index < -0.39 is 0 Å². The summed E-state index contributed by atoms with van der Waals surface area (Å²) in [7, 11) is 0. The summed E-state index contributed by atoms with van der Waals surface area (Å²) in [4.78, 5) is 10.1. The number of rotatable bonds is 2. The van der Waals surface area contributed by atoms with E-state index in [4.69, 9.17) is 0 Å². The van der Waals surface area contributed by atoms with E-state index in [2.05, 4.69) is 20.1 Å². The van der Waals surface area contributed by atoms with E-state index in [0.29, 0.717) is 6.42 Å². The number of carbonyl (C=O) groups excluding carboxylic acids is 1. The van der Waals surface area contributed by atoms with Gasteiger partial charge in [0.2, 0.25) is 0 Å². The summed E-state index contributed by atoms with van der Waals surface area (Å²) >= 11 is 2.57. The van der Waals surface area contributed by atoms with Crippen LogP contribution in [0.25, 0.3) is 0 Å². The molecule has 0 fully saturated rings. The Labute approximate surface area is 81.2 Å². The second kappa shape index (κ2) is 7.95. The van der Waals surface area contributed by atoms with Crippen LogP contribution in [0.3, 0.4) is 0 Å². The van der Waals surface area contributed by atoms with Crippen molar-refractivity contribution in [3.05, 3.63) is 0 Å². The molecule has 0 rings (SSSR count). The average Bonchev–Trinajstić information content (AvgIpc) is 1.68. The van der Waals surface area contributed by atoms with Crippen molar-refractivity contribution in [2.24, 2.45) is 0 Å². The number of halogens is 1. The van der Waals surface area contributed by atoms with Gasteiger partial charge in [-0.1, -0.05) is 6.92 Å². The fourth-order valence-electron chi connectivity index (χ4n) is 0.243. The predicted molar refractivity (Wildman–Crippen MR) is 31.0 cm³/mol. The van der Waals surface area contributed by atoms with Crippen LogP contribution in [0.15, 0.2) is 0 Å². The topological polar surface area (TPSA) is 26.3 Å². The maximum atomic E-state index is 10.1. The fourth-order valence-corrected chi connectivity index (χ4v) is 0.405. The van der Waals surface area contributed by atoms with Gasteiger partial charge >= 0.3 is 35.5 Å². The SMILES string of the molecule is CCCC(=O)OBr.[H-].[Na+]. The molecule has 0 heterocycles. The van der Waals surface area contributed by atoms with Gasteiger partial charge in [-0.2, -0.15) is 0 Å². The summed E-state index contributed by atoms with van der Waals surface area (Å²) in [5.74, 6) is -0.206. The number of hydrogen-bond acceptors (Lipinski definition) is 2. The third-order valence-corrected chi connectivity index (χ3v) is 0.901. The van der Waals surface area contributed by atoms with Gasteiger partial charge in [0.25, 0.3) is 0 Å². The van der Waals surface area contributed by atoms with Gasteiger partial charge in [-0.25, -0.2) is 0 Å². The summed E-state index contributed by atoms with van der Waals surface area (Å²) in [5, 5.41) is 0. The summed E-state index contributed by atoms with van der Waals surface area (Å²) in [5.41, 5.74) is 0. The predicted octanol–water partition coefficient (Wildman–Crippen LogP) is -1.24. The van der Waals surface area contributed by atoms with Gasteiger partial charge in [0.15, 0.2) is 16.3 Å². The van der Waals surface area contributed by atoms with Crippen LogP contribution in [0.4, 0.5) is 0 Å². The molecule has 0 amide bonds. The Kier molecular flexibility index (Phi) is 11.6. The van der Waals surface area contributed by atoms with Gasteiger partial charge < -0.3 is 5.25 Å². The zero-order valence-corrected chi connectivity index (χ0v) is 8.69. The Morgan fingerprint density at radius 1 is 1.88 bits per heavy atom. The second-order valence-electron chi connectivity index (χ2n) is 1.20. The van der Waals surface area contributed by atoms with Crippen LogP contribution in [0.1, 0.15) is 21.2 Å². The van der Waals surface area contributed by atoms with Gasteiger partial charge in [-0.3, -0.25) is 4.79 Å². The van der Waals surface area contributed by atoms with E-state index in [-0.39, 0.29) is 37.0 Å². The van der Waals surface area contributed by atoms with E-state index in [9.17, 15) is 4.79 Å². The van der Waals surface area contributed by atoms with Crippen LogP contribution in [-0.4, -0.2) is 5.97 Å². The quantitative estimate of drug-likeness (QED) is 0.510. The molecule has 0 saturated carbocycles. The molecule has 44 valence electrons. The molecular weight excluding hydrogens is 183 g/mol. The monoisotopic (exact) mass is 190 g/mol. The molecule has 0 radical (unpaired) electrons. The Morgan fingerprint density at radius 2 is 2.38 bits per heavy atom. The molecule has 0 atom stereocenters. The molecule has 0 N–H and O–H groups in total. The van der Waals surface area contributed by atoms with Crippen molar-refractivity contribution in [3.8, 4) is 0 Å². The van der Waals surface area contributed by atoms with E-state index in [0.717, 1.165) is 6.42 Å². The third-order valence-electron chi connectivity index (χ3n) is 0.540. The molecule has 4 heteroatoms. The number of carbonyl (C=O) groups is 1. The minimum atomic E-state index is -0.206. The maximum absolute atomic E-state index is 10.1. The standard InChI is InChI=1S/C4H7BrO2.Na.H/c1-2-3-4(6)7-5;;/h2-3H2,1H3;;/q;+1;-1. The van der Waals surface area contributed by atoms with Gasteiger partial charge in [0, 0.05) is 6.42 Å². The van der Waals surface area contributed by atoms with Gasteiger partial charge in [-0.05, 0) is 6.42 Å². The average molecular weight is 191 g/mol. The maximum Gasteiger partial charge on any atom is 1.00 e. The summed E-state index contributed by atoms with van der Waals surface area (Å²) in [6.07, 6.45) is 1.33. The van der Waals surface area contributed by atoms with Crippen LogP contribution >= 0.6 is 16.3 Å². The van der Waals surface area contributed by atoms with Crippen molar-refractivity contribution < 1.29 is 39.6 Å². The molecular formula is C4H8BrNaO2. The smallest absolute Gasteiger partial charge is 1.00 e. The first kappa shape index (κ1) is 11.7. The van der Waals surface area contributed by atoms with Crippen molar-refractivity contribution in [2.45, 2.75) is 19.8 Å². The van der Waals surface area contributed by atoms with Crippen LogP contribution in [0.5, 0.6) is 0 Å². The minimum absolute atomic E-state index is 0. The minimum Gasteiger partial charge on any atom is -1.00 e. The summed E-state index contributed by atoms with van der Waals surface area (Å²) in [6, 6.07) is 0. The molecule has 0 aliphatic carbocycles. The molecule has 0 spiro atoms. The Bertz CT molecular complexity index is 71.6. The zero-order valence-electron chi connectivity index (χ0n) is 6.11. The molecule has 0 unspecified atom stereocenters. The van der Waals surface area contributed by atoms with E-state index in [1.165, 1.54) is 0 Å². The first-order valence-corrected chi connectivity index (χ1v) is 2.77. The first-order valence-electron chi connectivity index (χ1n) is 2.12. The van der Waals surface area contributed by atoms with Crippen molar-refractivity contribution in [3.63, 3.8) is 0 Å². The van der Waals surface area contributed by atoms with Gasteiger partial charge in [-0.15, -0.1) is 0 Å². The third kappa shape index (κ3) is 6.95. The van der Waals surface area contributed by atoms with Crippen LogP contribution in [0.2, 0.25) is 0 Å². The second-order valence-corrected chi connectivity index (χ2v) is 1.52.